The van der Waals surface area contributed by atoms with E-state index in [1.807, 2.05) is 27.7 Å². The molecule has 0 saturated carbocycles. The number of ether oxygens (including phenoxy) is 7. The van der Waals surface area contributed by atoms with Gasteiger partial charge in [0.25, 0.3) is 0 Å². The van der Waals surface area contributed by atoms with E-state index in [1.54, 1.807) is 6.92 Å². The lowest BCUT2D eigenvalue weighted by Crippen LogP contribution is -2.62. The Balaban J connectivity index is 1.65. The fourth-order valence-corrected chi connectivity index (χ4v) is 6.68. The van der Waals surface area contributed by atoms with Crippen LogP contribution in [0, 0.1) is 23.7 Å². The number of esters is 1. The molecule has 4 saturated heterocycles. The van der Waals surface area contributed by atoms with E-state index in [-0.39, 0.29) is 54.9 Å². The Kier molecular flexibility index (Phi) is 11.8. The molecule has 250 valence electrons. The first-order valence-corrected chi connectivity index (χ1v) is 15.6. The van der Waals surface area contributed by atoms with Gasteiger partial charge in [-0.25, -0.2) is 0 Å². The van der Waals surface area contributed by atoms with Crippen LogP contribution in [0.1, 0.15) is 67.7 Å². The molecule has 16 nitrogen and oxygen atoms in total. The normalized spacial score (nSPS) is 42.6. The van der Waals surface area contributed by atoms with Crippen molar-refractivity contribution in [2.24, 2.45) is 33.9 Å². The molecule has 4 fully saturated rings. The molecule has 2 bridgehead atoms. The Hall–Kier alpha value is -2.81. The first-order valence-electron chi connectivity index (χ1n) is 15.6. The molecular formula is C29H44N6O10. The van der Waals surface area contributed by atoms with Gasteiger partial charge in [-0.1, -0.05) is 44.8 Å². The minimum atomic E-state index is -1.25. The third-order valence-corrected chi connectivity index (χ3v) is 9.57. The number of fused-ring (bicyclic) bond motifs is 2. The molecule has 0 aromatic carbocycles. The summed E-state index contributed by atoms with van der Waals surface area (Å²) >= 11 is 0. The Morgan fingerprint density at radius 3 is 2.09 bits per heavy atom. The lowest BCUT2D eigenvalue weighted by atomic mass is 9.81. The van der Waals surface area contributed by atoms with E-state index in [0.717, 1.165) is 0 Å². The van der Waals surface area contributed by atoms with Crippen LogP contribution in [-0.2, 0) is 47.5 Å². The van der Waals surface area contributed by atoms with Gasteiger partial charge < -0.3 is 38.0 Å². The topological polar surface area (TPSA) is 213 Å². The molecule has 0 aromatic heterocycles. The van der Waals surface area contributed by atoms with Gasteiger partial charge in [0.2, 0.25) is 0 Å². The Morgan fingerprint density at radius 1 is 0.800 bits per heavy atom. The van der Waals surface area contributed by atoms with Gasteiger partial charge >= 0.3 is 5.97 Å². The van der Waals surface area contributed by atoms with E-state index >= 15 is 0 Å². The maximum Gasteiger partial charge on any atom is 0.306 e. The second kappa shape index (κ2) is 15.2. The number of azide groups is 2. The highest BCUT2D eigenvalue weighted by Crippen LogP contribution is 2.41. The SMILES string of the molecule is CCC1O[C@H](O[C@@H]2C(C(C)=O)O[C@@H](O[C@@H]3C4CO[C@H](O4)[C@@H](N=[N+]=[N-])C3C)[C@@H](OC(=O)CCC(C)=O)C2C)[C@@H](N=[N+]=[N-])C(C)[C@@H]1C. The third kappa shape index (κ3) is 7.61. The van der Waals surface area contributed by atoms with E-state index in [1.165, 1.54) is 13.8 Å². The smallest absolute Gasteiger partial charge is 0.306 e. The molecule has 0 radical (unpaired) electrons. The number of ketones is 2. The lowest BCUT2D eigenvalue weighted by molar-refractivity contribution is -0.336. The fraction of sp³-hybridized carbons (Fsp3) is 0.897. The number of Topliss-reactive ketones (excluding diaryl/α,β-unsaturated/α-hetero) is 2. The number of carbonyl (C=O) groups excluding carboxylic acids is 3. The summed E-state index contributed by atoms with van der Waals surface area (Å²) in [5, 5.41) is 7.83. The number of hydrogen-bond donors (Lipinski definition) is 0. The summed E-state index contributed by atoms with van der Waals surface area (Å²) in [6, 6.07) is -1.38. The molecule has 0 amide bonds. The van der Waals surface area contributed by atoms with Crippen molar-refractivity contribution in [1.82, 2.24) is 0 Å². The molecule has 15 atom stereocenters. The summed E-state index contributed by atoms with van der Waals surface area (Å²) in [4.78, 5) is 43.6. The number of hydrogen-bond acceptors (Lipinski definition) is 12. The predicted octanol–water partition coefficient (Wildman–Crippen LogP) is 4.14. The zero-order valence-corrected chi connectivity index (χ0v) is 26.8. The zero-order chi connectivity index (χ0) is 33.0. The van der Waals surface area contributed by atoms with Crippen LogP contribution in [0.2, 0.25) is 0 Å². The van der Waals surface area contributed by atoms with Crippen LogP contribution in [0.5, 0.6) is 0 Å². The Morgan fingerprint density at radius 2 is 1.47 bits per heavy atom. The van der Waals surface area contributed by atoms with Crippen molar-refractivity contribution >= 4 is 17.5 Å². The van der Waals surface area contributed by atoms with Crippen LogP contribution in [0.3, 0.4) is 0 Å². The molecule has 0 aliphatic carbocycles. The molecule has 4 heterocycles. The van der Waals surface area contributed by atoms with Crippen molar-refractivity contribution in [3.63, 3.8) is 0 Å². The largest absolute Gasteiger partial charge is 0.457 e. The summed E-state index contributed by atoms with van der Waals surface area (Å²) in [5.41, 5.74) is 18.4. The molecule has 16 heteroatoms. The van der Waals surface area contributed by atoms with Gasteiger partial charge in [-0.2, -0.15) is 0 Å². The van der Waals surface area contributed by atoms with Crippen molar-refractivity contribution in [2.75, 3.05) is 6.61 Å². The van der Waals surface area contributed by atoms with Crippen molar-refractivity contribution in [3.8, 4) is 0 Å². The second-order valence-corrected chi connectivity index (χ2v) is 12.5. The Bertz CT molecular complexity index is 1190. The highest BCUT2D eigenvalue weighted by atomic mass is 16.8. The number of carbonyl (C=O) groups is 3. The van der Waals surface area contributed by atoms with E-state index in [9.17, 15) is 19.9 Å². The standard InChI is InChI=1S/C29H44N6O10/c1-8-18-13(3)14(4)21(32-34-30)28(40-18)44-24-16(6)25(42-20(38)10-9-12(2)36)29(45-26(24)17(7)37)43-23-15(5)22(33-35-31)27-39-11-19(23)41-27/h13-16,18-19,21-29H,8-11H2,1-7H3/t13-,14?,15?,16?,18?,19?,21-,22-,23-,24-,25-,26?,27+,28+,29+/m0/s1. The summed E-state index contributed by atoms with van der Waals surface area (Å²) in [6.45, 7) is 12.5. The minimum Gasteiger partial charge on any atom is -0.457 e. The van der Waals surface area contributed by atoms with Crippen LogP contribution < -0.4 is 0 Å². The van der Waals surface area contributed by atoms with Crippen molar-refractivity contribution < 1.29 is 47.5 Å². The molecular weight excluding hydrogens is 592 g/mol. The monoisotopic (exact) mass is 636 g/mol. The van der Waals surface area contributed by atoms with Crippen LogP contribution in [0.15, 0.2) is 10.2 Å². The van der Waals surface area contributed by atoms with Crippen LogP contribution in [-0.4, -0.2) is 91.7 Å². The first kappa shape index (κ1) is 35.1. The van der Waals surface area contributed by atoms with Crippen molar-refractivity contribution in [2.45, 2.75) is 135 Å². The molecule has 0 aromatic rings. The van der Waals surface area contributed by atoms with Gasteiger partial charge in [0.15, 0.2) is 30.8 Å². The van der Waals surface area contributed by atoms with Gasteiger partial charge in [0.1, 0.15) is 24.1 Å². The number of rotatable bonds is 12. The van der Waals surface area contributed by atoms with Gasteiger partial charge in [-0.15, -0.1) is 0 Å². The zero-order valence-electron chi connectivity index (χ0n) is 26.8. The van der Waals surface area contributed by atoms with Gasteiger partial charge in [0, 0.05) is 22.2 Å². The van der Waals surface area contributed by atoms with Gasteiger partial charge in [0.05, 0.1) is 37.3 Å². The fourth-order valence-electron chi connectivity index (χ4n) is 6.68. The Labute approximate surface area is 261 Å². The number of nitrogens with zero attached hydrogens (tertiary/aromatic N) is 6. The molecule has 4 aliphatic heterocycles. The molecule has 4 rings (SSSR count). The van der Waals surface area contributed by atoms with E-state index < -0.39 is 73.4 Å². The maximum atomic E-state index is 13.1. The molecule has 0 N–H and O–H groups in total. The van der Waals surface area contributed by atoms with Crippen molar-refractivity contribution in [3.05, 3.63) is 20.9 Å². The van der Waals surface area contributed by atoms with Gasteiger partial charge in [-0.05, 0) is 49.1 Å². The van der Waals surface area contributed by atoms with E-state index in [4.69, 9.17) is 38.7 Å². The molecule has 4 aliphatic rings. The summed E-state index contributed by atoms with van der Waals surface area (Å²) < 4.78 is 42.9. The average Bonchev–Trinajstić information content (AvgIpc) is 3.44. The minimum absolute atomic E-state index is 0.0112. The summed E-state index contributed by atoms with van der Waals surface area (Å²) in [6.07, 6.45) is -7.09. The highest BCUT2D eigenvalue weighted by Gasteiger charge is 2.55. The van der Waals surface area contributed by atoms with Crippen LogP contribution in [0.25, 0.3) is 20.9 Å². The highest BCUT2D eigenvalue weighted by molar-refractivity contribution is 5.82. The van der Waals surface area contributed by atoms with E-state index in [0.29, 0.717) is 6.42 Å². The summed E-state index contributed by atoms with van der Waals surface area (Å²) in [7, 11) is 0. The second-order valence-electron chi connectivity index (χ2n) is 12.5. The van der Waals surface area contributed by atoms with Crippen LogP contribution >= 0.6 is 0 Å². The van der Waals surface area contributed by atoms with E-state index in [2.05, 4.69) is 20.1 Å². The van der Waals surface area contributed by atoms with Gasteiger partial charge in [-0.3, -0.25) is 9.59 Å². The average molecular weight is 637 g/mol. The predicted molar refractivity (Wildman–Crippen MR) is 155 cm³/mol. The first-order chi connectivity index (χ1) is 21.4. The maximum absolute atomic E-state index is 13.1. The quantitative estimate of drug-likeness (QED) is 0.129. The molecule has 45 heavy (non-hydrogen) atoms. The molecule has 0 spiro atoms. The van der Waals surface area contributed by atoms with Crippen LogP contribution in [0.4, 0.5) is 0 Å². The van der Waals surface area contributed by atoms with Crippen molar-refractivity contribution in [1.29, 1.82) is 0 Å². The third-order valence-electron chi connectivity index (χ3n) is 9.57. The summed E-state index contributed by atoms with van der Waals surface area (Å²) in [5.74, 6) is -2.27. The lowest BCUT2D eigenvalue weighted by Gasteiger charge is -2.49. The molecule has 6 unspecified atom stereocenters.